The minimum absolute atomic E-state index is 0.163. The molecule has 0 saturated carbocycles. The van der Waals surface area contributed by atoms with Crippen LogP contribution in [-0.2, 0) is 4.79 Å². The summed E-state index contributed by atoms with van der Waals surface area (Å²) in [6.45, 7) is 0. The summed E-state index contributed by atoms with van der Waals surface area (Å²) in [7, 11) is 0. The fourth-order valence-corrected chi connectivity index (χ4v) is 1.84. The van der Waals surface area contributed by atoms with Crippen LogP contribution in [0.25, 0.3) is 0 Å². The summed E-state index contributed by atoms with van der Waals surface area (Å²) in [5, 5.41) is 12.8. The number of carbonyl (C=O) groups is 2. The molecule has 0 aromatic carbocycles. The summed E-state index contributed by atoms with van der Waals surface area (Å²) in [5.41, 5.74) is 4.94. The van der Waals surface area contributed by atoms with E-state index in [2.05, 4.69) is 5.32 Å². The highest BCUT2D eigenvalue weighted by Crippen LogP contribution is 2.21. The Hall–Kier alpha value is -1.56. The maximum absolute atomic E-state index is 10.6. The van der Waals surface area contributed by atoms with Crippen molar-refractivity contribution in [3.8, 4) is 0 Å². The van der Waals surface area contributed by atoms with Crippen LogP contribution in [0.1, 0.15) is 17.3 Å². The molecule has 4 N–H and O–H groups in total. The molecule has 1 heterocycles. The van der Waals surface area contributed by atoms with Crippen molar-refractivity contribution in [2.45, 2.75) is 12.5 Å². The molecule has 14 heavy (non-hydrogen) atoms. The normalized spacial score (nSPS) is 12.0. The number of hydrogen-bond donors (Lipinski definition) is 3. The number of nitrogens with two attached hydrogens (primary N) is 1. The lowest BCUT2D eigenvalue weighted by molar-refractivity contribution is -0.137. The number of carboxylic acids is 1. The van der Waals surface area contributed by atoms with Gasteiger partial charge in [-0.05, 0) is 11.4 Å². The topological polar surface area (TPSA) is 92.4 Å². The minimum Gasteiger partial charge on any atom is -0.481 e. The average Bonchev–Trinajstić information content (AvgIpc) is 2.52. The van der Waals surface area contributed by atoms with E-state index in [4.69, 9.17) is 10.8 Å². The van der Waals surface area contributed by atoms with Crippen LogP contribution >= 0.6 is 11.3 Å². The number of hydrogen-bond acceptors (Lipinski definition) is 3. The fraction of sp³-hybridized carbons (Fsp3) is 0.250. The molecule has 0 fully saturated rings. The Balaban J connectivity index is 2.71. The summed E-state index contributed by atoms with van der Waals surface area (Å²) in [4.78, 5) is 21.9. The zero-order valence-corrected chi connectivity index (χ0v) is 8.08. The number of carbonyl (C=O) groups excluding carboxylic acids is 1. The molecule has 0 unspecified atom stereocenters. The van der Waals surface area contributed by atoms with Crippen molar-refractivity contribution in [1.82, 2.24) is 5.32 Å². The Morgan fingerprint density at radius 2 is 2.36 bits per heavy atom. The lowest BCUT2D eigenvalue weighted by Gasteiger charge is -2.13. The number of amides is 2. The fourth-order valence-electron chi connectivity index (χ4n) is 1.06. The van der Waals surface area contributed by atoms with Gasteiger partial charge in [-0.3, -0.25) is 4.79 Å². The second kappa shape index (κ2) is 4.61. The van der Waals surface area contributed by atoms with Crippen molar-refractivity contribution in [2.24, 2.45) is 5.73 Å². The molecule has 0 aliphatic carbocycles. The monoisotopic (exact) mass is 214 g/mol. The number of nitrogens with one attached hydrogen (secondary N) is 1. The third kappa shape index (κ3) is 3.06. The van der Waals surface area contributed by atoms with Crippen molar-refractivity contribution in [3.05, 3.63) is 22.4 Å². The third-order valence-corrected chi connectivity index (χ3v) is 2.57. The molecule has 0 spiro atoms. The van der Waals surface area contributed by atoms with Crippen LogP contribution in [-0.4, -0.2) is 17.1 Å². The van der Waals surface area contributed by atoms with Gasteiger partial charge in [0.25, 0.3) is 0 Å². The highest BCUT2D eigenvalue weighted by molar-refractivity contribution is 7.10. The van der Waals surface area contributed by atoms with E-state index in [-0.39, 0.29) is 6.42 Å². The van der Waals surface area contributed by atoms with Crippen molar-refractivity contribution in [3.63, 3.8) is 0 Å². The van der Waals surface area contributed by atoms with Crippen LogP contribution in [0, 0.1) is 0 Å². The third-order valence-electron chi connectivity index (χ3n) is 1.58. The first kappa shape index (κ1) is 10.5. The Bertz CT molecular complexity index is 307. The Morgan fingerprint density at radius 3 is 2.79 bits per heavy atom. The smallest absolute Gasteiger partial charge is 0.312 e. The van der Waals surface area contributed by atoms with Gasteiger partial charge in [0.2, 0.25) is 0 Å². The molecule has 76 valence electrons. The Kier molecular flexibility index (Phi) is 3.47. The first-order chi connectivity index (χ1) is 6.59. The SMILES string of the molecule is NC(=O)N[C@H](CC(=O)O)c1cccs1. The van der Waals surface area contributed by atoms with Gasteiger partial charge >= 0.3 is 12.0 Å². The quantitative estimate of drug-likeness (QED) is 0.696. The predicted octanol–water partition coefficient (Wildman–Crippen LogP) is 0.932. The predicted molar refractivity (Wildman–Crippen MR) is 52.0 cm³/mol. The second-order valence-electron chi connectivity index (χ2n) is 2.67. The molecule has 1 rings (SSSR count). The number of rotatable bonds is 4. The van der Waals surface area contributed by atoms with Gasteiger partial charge < -0.3 is 16.2 Å². The molecule has 1 aromatic rings. The molecular formula is C8H10N2O3S. The van der Waals surface area contributed by atoms with Crippen molar-refractivity contribution in [2.75, 3.05) is 0 Å². The average molecular weight is 214 g/mol. The molecular weight excluding hydrogens is 204 g/mol. The first-order valence-corrected chi connectivity index (χ1v) is 4.78. The van der Waals surface area contributed by atoms with E-state index in [1.54, 1.807) is 12.1 Å². The van der Waals surface area contributed by atoms with E-state index in [9.17, 15) is 9.59 Å². The molecule has 0 radical (unpaired) electrons. The van der Waals surface area contributed by atoms with Gasteiger partial charge in [0.15, 0.2) is 0 Å². The van der Waals surface area contributed by atoms with Crippen LogP contribution in [0.15, 0.2) is 17.5 Å². The van der Waals surface area contributed by atoms with Crippen LogP contribution in [0.3, 0.4) is 0 Å². The number of urea groups is 1. The molecule has 1 aromatic heterocycles. The van der Waals surface area contributed by atoms with Crippen LogP contribution in [0.5, 0.6) is 0 Å². The summed E-state index contributed by atoms with van der Waals surface area (Å²) >= 11 is 1.38. The zero-order chi connectivity index (χ0) is 10.6. The van der Waals surface area contributed by atoms with Gasteiger partial charge in [0.05, 0.1) is 12.5 Å². The van der Waals surface area contributed by atoms with Crippen LogP contribution in [0.4, 0.5) is 4.79 Å². The lowest BCUT2D eigenvalue weighted by Crippen LogP contribution is -2.33. The van der Waals surface area contributed by atoms with Gasteiger partial charge in [0, 0.05) is 4.88 Å². The van der Waals surface area contributed by atoms with Crippen molar-refractivity contribution < 1.29 is 14.7 Å². The highest BCUT2D eigenvalue weighted by atomic mass is 32.1. The largest absolute Gasteiger partial charge is 0.481 e. The van der Waals surface area contributed by atoms with E-state index in [1.807, 2.05) is 5.38 Å². The Labute approximate surface area is 84.5 Å². The molecule has 0 aliphatic rings. The van der Waals surface area contributed by atoms with Crippen LogP contribution < -0.4 is 11.1 Å². The standard InChI is InChI=1S/C8H10N2O3S/c9-8(13)10-5(4-7(11)12)6-2-1-3-14-6/h1-3,5H,4H2,(H,11,12)(H3,9,10,13)/t5-/m1/s1. The molecule has 2 amide bonds. The van der Waals surface area contributed by atoms with Gasteiger partial charge in [-0.15, -0.1) is 11.3 Å². The zero-order valence-electron chi connectivity index (χ0n) is 7.27. The summed E-state index contributed by atoms with van der Waals surface area (Å²) < 4.78 is 0. The van der Waals surface area contributed by atoms with Gasteiger partial charge in [-0.2, -0.15) is 0 Å². The lowest BCUT2D eigenvalue weighted by atomic mass is 10.2. The first-order valence-electron chi connectivity index (χ1n) is 3.90. The van der Waals surface area contributed by atoms with E-state index >= 15 is 0 Å². The molecule has 0 saturated heterocycles. The summed E-state index contributed by atoms with van der Waals surface area (Å²) in [6.07, 6.45) is -0.163. The van der Waals surface area contributed by atoms with E-state index < -0.39 is 18.0 Å². The van der Waals surface area contributed by atoms with Crippen molar-refractivity contribution >= 4 is 23.3 Å². The molecule has 0 bridgehead atoms. The molecule has 6 heteroatoms. The second-order valence-corrected chi connectivity index (χ2v) is 3.65. The molecule has 0 aliphatic heterocycles. The Morgan fingerprint density at radius 1 is 1.64 bits per heavy atom. The minimum atomic E-state index is -0.975. The van der Waals surface area contributed by atoms with Crippen LogP contribution in [0.2, 0.25) is 0 Å². The van der Waals surface area contributed by atoms with E-state index in [1.165, 1.54) is 11.3 Å². The van der Waals surface area contributed by atoms with E-state index in [0.29, 0.717) is 0 Å². The van der Waals surface area contributed by atoms with Gasteiger partial charge in [-0.1, -0.05) is 6.07 Å². The number of carboxylic acid groups (broad SMARTS) is 1. The molecule has 1 atom stereocenters. The highest BCUT2D eigenvalue weighted by Gasteiger charge is 2.17. The summed E-state index contributed by atoms with van der Waals surface area (Å²) in [6, 6.07) is 2.29. The number of primary amides is 1. The maximum atomic E-state index is 10.6. The number of aliphatic carboxylic acids is 1. The van der Waals surface area contributed by atoms with Crippen molar-refractivity contribution in [1.29, 1.82) is 0 Å². The van der Waals surface area contributed by atoms with Gasteiger partial charge in [0.1, 0.15) is 0 Å². The van der Waals surface area contributed by atoms with E-state index in [0.717, 1.165) is 4.88 Å². The summed E-state index contributed by atoms with van der Waals surface area (Å²) in [5.74, 6) is -0.975. The van der Waals surface area contributed by atoms with Gasteiger partial charge in [-0.25, -0.2) is 4.79 Å². The molecule has 5 nitrogen and oxygen atoms in total. The maximum Gasteiger partial charge on any atom is 0.312 e. The number of thiophene rings is 1.